The summed E-state index contributed by atoms with van der Waals surface area (Å²) in [5.41, 5.74) is 1.58. The van der Waals surface area contributed by atoms with Gasteiger partial charge in [-0.05, 0) is 39.9 Å². The molecule has 1 aliphatic heterocycles. The Morgan fingerprint density at radius 2 is 2.15 bits per heavy atom. The molecule has 7 nitrogen and oxygen atoms in total. The first-order chi connectivity index (χ1) is 9.76. The largest absolute Gasteiger partial charge is 0.365 e. The van der Waals surface area contributed by atoms with Gasteiger partial charge in [0.25, 0.3) is 0 Å². The number of nitrogens with one attached hydrogen (secondary N) is 3. The highest BCUT2D eigenvalue weighted by Crippen LogP contribution is 2.21. The SMILES string of the molecule is CCNc1nc(NC2CCN(C)CC2)c2[nH]cnc2n1. The van der Waals surface area contributed by atoms with Gasteiger partial charge in [-0.2, -0.15) is 9.97 Å². The summed E-state index contributed by atoms with van der Waals surface area (Å²) >= 11 is 0. The highest BCUT2D eigenvalue weighted by Gasteiger charge is 2.19. The van der Waals surface area contributed by atoms with Gasteiger partial charge >= 0.3 is 0 Å². The topological polar surface area (TPSA) is 81.8 Å². The van der Waals surface area contributed by atoms with Gasteiger partial charge < -0.3 is 20.5 Å². The summed E-state index contributed by atoms with van der Waals surface area (Å²) in [5.74, 6) is 1.47. The minimum absolute atomic E-state index is 0.460. The van der Waals surface area contributed by atoms with Crippen molar-refractivity contribution >= 4 is 22.9 Å². The van der Waals surface area contributed by atoms with E-state index in [1.54, 1.807) is 6.33 Å². The van der Waals surface area contributed by atoms with Crippen LogP contribution < -0.4 is 10.6 Å². The molecule has 108 valence electrons. The molecule has 1 fully saturated rings. The van der Waals surface area contributed by atoms with Crippen LogP contribution in [0.4, 0.5) is 11.8 Å². The predicted octanol–water partition coefficient (Wildman–Crippen LogP) is 1.29. The number of H-pyrrole nitrogens is 1. The first-order valence-electron chi connectivity index (χ1n) is 7.16. The van der Waals surface area contributed by atoms with E-state index in [9.17, 15) is 0 Å². The van der Waals surface area contributed by atoms with Crippen LogP contribution in [0.5, 0.6) is 0 Å². The lowest BCUT2D eigenvalue weighted by molar-refractivity contribution is 0.264. The van der Waals surface area contributed by atoms with Gasteiger partial charge in [-0.15, -0.1) is 0 Å². The van der Waals surface area contributed by atoms with Crippen molar-refractivity contribution in [2.75, 3.05) is 37.3 Å². The first-order valence-corrected chi connectivity index (χ1v) is 7.16. The smallest absolute Gasteiger partial charge is 0.226 e. The molecule has 3 rings (SSSR count). The van der Waals surface area contributed by atoms with E-state index in [1.807, 2.05) is 6.92 Å². The summed E-state index contributed by atoms with van der Waals surface area (Å²) in [6, 6.07) is 0.460. The van der Waals surface area contributed by atoms with Crippen LogP contribution in [-0.2, 0) is 0 Å². The zero-order valence-electron chi connectivity index (χ0n) is 12.0. The number of piperidine rings is 1. The third-order valence-electron chi connectivity index (χ3n) is 3.68. The summed E-state index contributed by atoms with van der Waals surface area (Å²) in [6.07, 6.45) is 3.92. The molecular weight excluding hydrogens is 254 g/mol. The van der Waals surface area contributed by atoms with Gasteiger partial charge in [0.15, 0.2) is 11.5 Å². The van der Waals surface area contributed by atoms with E-state index in [1.165, 1.54) is 0 Å². The molecular formula is C13H21N7. The van der Waals surface area contributed by atoms with E-state index < -0.39 is 0 Å². The van der Waals surface area contributed by atoms with E-state index in [4.69, 9.17) is 0 Å². The zero-order chi connectivity index (χ0) is 13.9. The lowest BCUT2D eigenvalue weighted by Crippen LogP contribution is -2.37. The number of rotatable bonds is 4. The Morgan fingerprint density at radius 1 is 1.35 bits per heavy atom. The molecule has 20 heavy (non-hydrogen) atoms. The van der Waals surface area contributed by atoms with E-state index in [0.717, 1.165) is 43.8 Å². The van der Waals surface area contributed by atoms with Crippen molar-refractivity contribution in [2.24, 2.45) is 0 Å². The Balaban J connectivity index is 1.83. The van der Waals surface area contributed by atoms with Crippen LogP contribution in [0.15, 0.2) is 6.33 Å². The summed E-state index contributed by atoms with van der Waals surface area (Å²) in [7, 11) is 2.16. The Morgan fingerprint density at radius 3 is 2.90 bits per heavy atom. The number of hydrogen-bond acceptors (Lipinski definition) is 6. The molecule has 0 unspecified atom stereocenters. The number of fused-ring (bicyclic) bond motifs is 1. The molecule has 2 aromatic heterocycles. The van der Waals surface area contributed by atoms with Gasteiger partial charge in [0.05, 0.1) is 6.33 Å². The van der Waals surface area contributed by atoms with Crippen molar-refractivity contribution in [1.29, 1.82) is 0 Å². The van der Waals surface area contributed by atoms with Crippen molar-refractivity contribution in [2.45, 2.75) is 25.8 Å². The molecule has 0 saturated carbocycles. The van der Waals surface area contributed by atoms with Crippen molar-refractivity contribution < 1.29 is 0 Å². The second kappa shape index (κ2) is 5.62. The number of nitrogens with zero attached hydrogens (tertiary/aromatic N) is 4. The summed E-state index contributed by atoms with van der Waals surface area (Å²) in [5, 5.41) is 6.69. The Kier molecular flexibility index (Phi) is 3.68. The number of anilines is 2. The molecule has 0 aliphatic carbocycles. The maximum atomic E-state index is 4.56. The van der Waals surface area contributed by atoms with Gasteiger partial charge in [0.2, 0.25) is 5.95 Å². The van der Waals surface area contributed by atoms with Gasteiger partial charge in [-0.25, -0.2) is 4.98 Å². The molecule has 0 amide bonds. The van der Waals surface area contributed by atoms with Crippen molar-refractivity contribution in [3.63, 3.8) is 0 Å². The van der Waals surface area contributed by atoms with Crippen LogP contribution in [0.3, 0.4) is 0 Å². The van der Waals surface area contributed by atoms with Crippen molar-refractivity contribution in [3.05, 3.63) is 6.33 Å². The van der Waals surface area contributed by atoms with E-state index in [-0.39, 0.29) is 0 Å². The third kappa shape index (κ3) is 2.67. The summed E-state index contributed by atoms with van der Waals surface area (Å²) in [4.78, 5) is 18.6. The first kappa shape index (κ1) is 13.1. The Hall–Kier alpha value is -1.89. The van der Waals surface area contributed by atoms with E-state index in [0.29, 0.717) is 17.6 Å². The minimum Gasteiger partial charge on any atom is -0.365 e. The maximum absolute atomic E-state index is 4.56. The molecule has 0 atom stereocenters. The molecule has 3 N–H and O–H groups in total. The lowest BCUT2D eigenvalue weighted by atomic mass is 10.1. The molecule has 0 spiro atoms. The molecule has 0 bridgehead atoms. The number of hydrogen-bond donors (Lipinski definition) is 3. The Labute approximate surface area is 118 Å². The van der Waals surface area contributed by atoms with Crippen LogP contribution in [0.25, 0.3) is 11.2 Å². The quantitative estimate of drug-likeness (QED) is 0.780. The van der Waals surface area contributed by atoms with E-state index >= 15 is 0 Å². The van der Waals surface area contributed by atoms with Crippen LogP contribution >= 0.6 is 0 Å². The second-order valence-corrected chi connectivity index (χ2v) is 5.25. The van der Waals surface area contributed by atoms with Gasteiger partial charge in [-0.1, -0.05) is 0 Å². The molecule has 0 radical (unpaired) electrons. The fourth-order valence-electron chi connectivity index (χ4n) is 2.52. The van der Waals surface area contributed by atoms with E-state index in [2.05, 4.69) is 42.5 Å². The van der Waals surface area contributed by atoms with Crippen LogP contribution in [0.1, 0.15) is 19.8 Å². The standard InChI is InChI=1S/C13H21N7/c1-3-14-13-18-11-10(15-8-16-11)12(19-13)17-9-4-6-20(2)7-5-9/h8-9H,3-7H2,1-2H3,(H3,14,15,16,17,18,19). The summed E-state index contributed by atoms with van der Waals surface area (Å²) < 4.78 is 0. The summed E-state index contributed by atoms with van der Waals surface area (Å²) in [6.45, 7) is 5.07. The van der Waals surface area contributed by atoms with Gasteiger partial charge in [-0.3, -0.25) is 0 Å². The monoisotopic (exact) mass is 275 g/mol. The molecule has 2 aromatic rings. The average molecular weight is 275 g/mol. The molecule has 0 aromatic carbocycles. The number of aromatic amines is 1. The normalized spacial score (nSPS) is 17.5. The predicted molar refractivity (Wildman–Crippen MR) is 80.0 cm³/mol. The molecule has 7 heteroatoms. The van der Waals surface area contributed by atoms with Gasteiger partial charge in [0, 0.05) is 12.6 Å². The fraction of sp³-hybridized carbons (Fsp3) is 0.615. The third-order valence-corrected chi connectivity index (χ3v) is 3.68. The average Bonchev–Trinajstić information content (AvgIpc) is 2.90. The maximum Gasteiger partial charge on any atom is 0.226 e. The molecule has 1 aliphatic rings. The highest BCUT2D eigenvalue weighted by molar-refractivity contribution is 5.83. The van der Waals surface area contributed by atoms with Crippen LogP contribution in [0, 0.1) is 0 Å². The second-order valence-electron chi connectivity index (χ2n) is 5.25. The fourth-order valence-corrected chi connectivity index (χ4v) is 2.52. The lowest BCUT2D eigenvalue weighted by Gasteiger charge is -2.29. The van der Waals surface area contributed by atoms with Crippen LogP contribution in [-0.4, -0.2) is 57.6 Å². The zero-order valence-corrected chi connectivity index (χ0v) is 12.0. The number of aromatic nitrogens is 4. The Bertz CT molecular complexity index is 571. The van der Waals surface area contributed by atoms with Crippen molar-refractivity contribution in [1.82, 2.24) is 24.8 Å². The van der Waals surface area contributed by atoms with Gasteiger partial charge in [0.1, 0.15) is 5.52 Å². The number of likely N-dealkylation sites (tertiary alicyclic amines) is 1. The highest BCUT2D eigenvalue weighted by atomic mass is 15.2. The minimum atomic E-state index is 0.460. The van der Waals surface area contributed by atoms with Crippen molar-refractivity contribution in [3.8, 4) is 0 Å². The number of imidazole rings is 1. The molecule has 1 saturated heterocycles. The molecule has 3 heterocycles. The van der Waals surface area contributed by atoms with Crippen LogP contribution in [0.2, 0.25) is 0 Å².